The highest BCUT2D eigenvalue weighted by Crippen LogP contribution is 2.38. The molecule has 0 amide bonds. The molecule has 43 heavy (non-hydrogen) atoms. The van der Waals surface area contributed by atoms with Gasteiger partial charge in [0, 0.05) is 30.1 Å². The number of rotatable bonds is 10. The molecular weight excluding hydrogens is 600 g/mol. The Morgan fingerprint density at radius 2 is 1.30 bits per heavy atom. The first kappa shape index (κ1) is 31.5. The summed E-state index contributed by atoms with van der Waals surface area (Å²) in [4.78, 5) is 10.7. The third-order valence-corrected chi connectivity index (χ3v) is 5.90. The van der Waals surface area contributed by atoms with Gasteiger partial charge in [0.05, 0.1) is 17.5 Å². The van der Waals surface area contributed by atoms with Crippen molar-refractivity contribution in [3.63, 3.8) is 0 Å². The number of benzene rings is 2. The van der Waals surface area contributed by atoms with E-state index in [1.165, 1.54) is 6.07 Å². The van der Waals surface area contributed by atoms with Gasteiger partial charge in [-0.25, -0.2) is 23.1 Å². The average Bonchev–Trinajstić information content (AvgIpc) is 2.90. The molecule has 2 heterocycles. The Bertz CT molecular complexity index is 1550. The van der Waals surface area contributed by atoms with Crippen LogP contribution in [0.5, 0.6) is 11.5 Å². The Morgan fingerprint density at radius 3 is 1.84 bits per heavy atom. The van der Waals surface area contributed by atoms with Crippen molar-refractivity contribution in [3.8, 4) is 22.8 Å². The van der Waals surface area contributed by atoms with Crippen molar-refractivity contribution < 1.29 is 53.4 Å². The topological polar surface area (TPSA) is 57.1 Å². The van der Waals surface area contributed by atoms with E-state index in [-0.39, 0.29) is 23.4 Å². The number of aryl methyl sites for hydroxylation is 1. The minimum atomic E-state index is -5.41. The summed E-state index contributed by atoms with van der Waals surface area (Å²) in [6.07, 6.45) is -9.22. The zero-order valence-corrected chi connectivity index (χ0v) is 21.8. The molecule has 228 valence electrons. The van der Waals surface area contributed by atoms with Crippen LogP contribution in [0.25, 0.3) is 11.3 Å². The monoisotopic (exact) mass is 619 g/mol. The van der Waals surface area contributed by atoms with Gasteiger partial charge in [0.1, 0.15) is 34.5 Å². The number of hydrogen-bond acceptors (Lipinski definition) is 5. The Kier molecular flexibility index (Phi) is 8.83. The van der Waals surface area contributed by atoms with E-state index in [0.717, 1.165) is 55.7 Å². The van der Waals surface area contributed by atoms with E-state index in [9.17, 15) is 43.9 Å². The molecule has 0 aliphatic rings. The van der Waals surface area contributed by atoms with Gasteiger partial charge in [0.15, 0.2) is 0 Å². The summed E-state index contributed by atoms with van der Waals surface area (Å²) >= 11 is 0. The van der Waals surface area contributed by atoms with Crippen molar-refractivity contribution in [1.29, 1.82) is 0 Å². The Morgan fingerprint density at radius 1 is 0.674 bits per heavy atom. The SMILES string of the molecule is CCCCc1ccc(C(F)(F)Oc2ccc(-c3cnc(C(F)(F)Oc4cc(F)c(C(F)(F)F)c(F)c4)nc3)nc2)c(F)c1. The molecule has 0 aliphatic heterocycles. The fourth-order valence-corrected chi connectivity index (χ4v) is 3.83. The second-order valence-corrected chi connectivity index (χ2v) is 9.09. The number of nitrogens with zero attached hydrogens (tertiary/aromatic N) is 3. The molecular formula is C28H19F10N3O2. The van der Waals surface area contributed by atoms with Gasteiger partial charge in [0.25, 0.3) is 0 Å². The molecule has 0 fully saturated rings. The lowest BCUT2D eigenvalue weighted by Gasteiger charge is -2.19. The van der Waals surface area contributed by atoms with Crippen LogP contribution in [0.1, 0.15) is 42.3 Å². The zero-order valence-electron chi connectivity index (χ0n) is 21.8. The second-order valence-electron chi connectivity index (χ2n) is 9.09. The molecule has 0 spiro atoms. The van der Waals surface area contributed by atoms with Gasteiger partial charge in [-0.3, -0.25) is 4.98 Å². The molecule has 0 aliphatic carbocycles. The molecule has 4 rings (SSSR count). The first-order valence-corrected chi connectivity index (χ1v) is 12.4. The van der Waals surface area contributed by atoms with Crippen molar-refractivity contribution in [1.82, 2.24) is 15.0 Å². The summed E-state index contributed by atoms with van der Waals surface area (Å²) in [6.45, 7) is 1.94. The second kappa shape index (κ2) is 12.1. The normalized spacial score (nSPS) is 12.3. The number of halogens is 10. The van der Waals surface area contributed by atoms with Crippen LogP contribution in [0.15, 0.2) is 61.1 Å². The van der Waals surface area contributed by atoms with E-state index in [2.05, 4.69) is 24.4 Å². The first-order chi connectivity index (χ1) is 20.1. The molecule has 0 unspecified atom stereocenters. The number of pyridine rings is 1. The highest BCUT2D eigenvalue weighted by molar-refractivity contribution is 5.57. The van der Waals surface area contributed by atoms with Crippen LogP contribution in [-0.2, 0) is 24.8 Å². The van der Waals surface area contributed by atoms with Gasteiger partial charge in [-0.1, -0.05) is 19.4 Å². The third kappa shape index (κ3) is 7.32. The maximum Gasteiger partial charge on any atom is 0.462 e. The highest BCUT2D eigenvalue weighted by Gasteiger charge is 2.42. The van der Waals surface area contributed by atoms with E-state index in [1.807, 2.05) is 6.92 Å². The average molecular weight is 619 g/mol. The molecule has 15 heteroatoms. The van der Waals surface area contributed by atoms with Gasteiger partial charge in [-0.2, -0.15) is 30.7 Å². The molecule has 4 aromatic rings. The molecule has 0 atom stereocenters. The standard InChI is InChI=1S/C28H19F10N3O2/c1-2-3-4-15-5-7-19(20(29)9-15)27(35,36)42-17-6-8-23(39-14-17)16-12-40-25(41-13-16)28(37,38)43-18-10-21(30)24(22(31)11-18)26(32,33)34/h5-14H,2-4H2,1H3. The van der Waals surface area contributed by atoms with E-state index in [4.69, 9.17) is 0 Å². The molecule has 2 aromatic carbocycles. The van der Waals surface area contributed by atoms with Crippen molar-refractivity contribution in [3.05, 3.63) is 101 Å². The smallest absolute Gasteiger partial charge is 0.427 e. The van der Waals surface area contributed by atoms with E-state index in [1.54, 1.807) is 0 Å². The van der Waals surface area contributed by atoms with Gasteiger partial charge in [-0.05, 0) is 42.7 Å². The number of hydrogen-bond donors (Lipinski definition) is 0. The van der Waals surface area contributed by atoms with E-state index >= 15 is 0 Å². The van der Waals surface area contributed by atoms with Crippen molar-refractivity contribution in [2.45, 2.75) is 44.6 Å². The molecule has 0 saturated heterocycles. The van der Waals surface area contributed by atoms with Crippen LogP contribution in [-0.4, -0.2) is 15.0 Å². The van der Waals surface area contributed by atoms with Crippen LogP contribution in [0.4, 0.5) is 43.9 Å². The summed E-state index contributed by atoms with van der Waals surface area (Å²) < 4.78 is 147. The molecule has 5 nitrogen and oxygen atoms in total. The maximum absolute atomic E-state index is 14.7. The van der Waals surface area contributed by atoms with Crippen LogP contribution in [0.2, 0.25) is 0 Å². The fourth-order valence-electron chi connectivity index (χ4n) is 3.83. The number of alkyl halides is 7. The first-order valence-electron chi connectivity index (χ1n) is 12.4. The van der Waals surface area contributed by atoms with Crippen LogP contribution < -0.4 is 9.47 Å². The van der Waals surface area contributed by atoms with Crippen molar-refractivity contribution >= 4 is 0 Å². The van der Waals surface area contributed by atoms with E-state index in [0.29, 0.717) is 12.0 Å². The molecule has 0 N–H and O–H groups in total. The third-order valence-electron chi connectivity index (χ3n) is 5.90. The number of unbranched alkanes of at least 4 members (excludes halogenated alkanes) is 1. The summed E-state index contributed by atoms with van der Waals surface area (Å²) in [7, 11) is 0. The lowest BCUT2D eigenvalue weighted by Crippen LogP contribution is -2.25. The van der Waals surface area contributed by atoms with Crippen LogP contribution >= 0.6 is 0 Å². The lowest BCUT2D eigenvalue weighted by atomic mass is 10.1. The summed E-state index contributed by atoms with van der Waals surface area (Å²) in [5, 5.41) is 0. The van der Waals surface area contributed by atoms with Gasteiger partial charge >= 0.3 is 18.4 Å². The number of ether oxygens (including phenoxy) is 2. The van der Waals surface area contributed by atoms with Gasteiger partial charge in [0.2, 0.25) is 5.82 Å². The molecule has 0 bridgehead atoms. The molecule has 0 saturated carbocycles. The predicted molar refractivity (Wildman–Crippen MR) is 131 cm³/mol. The summed E-state index contributed by atoms with van der Waals surface area (Å²) in [5.74, 6) is -8.51. The highest BCUT2D eigenvalue weighted by atomic mass is 19.4. The Labute approximate surface area is 237 Å². The summed E-state index contributed by atoms with van der Waals surface area (Å²) in [5.41, 5.74) is -2.67. The fraction of sp³-hybridized carbons (Fsp3) is 0.250. The Hall–Kier alpha value is -4.43. The van der Waals surface area contributed by atoms with Crippen LogP contribution in [0.3, 0.4) is 0 Å². The molecule has 0 radical (unpaired) electrons. The van der Waals surface area contributed by atoms with Crippen molar-refractivity contribution in [2.24, 2.45) is 0 Å². The minimum absolute atomic E-state index is 0.0122. The minimum Gasteiger partial charge on any atom is -0.427 e. The van der Waals surface area contributed by atoms with Crippen LogP contribution in [0, 0.1) is 17.5 Å². The zero-order chi connectivity index (χ0) is 31.6. The maximum atomic E-state index is 14.7. The predicted octanol–water partition coefficient (Wildman–Crippen LogP) is 8.57. The lowest BCUT2D eigenvalue weighted by molar-refractivity contribution is -0.192. The van der Waals surface area contributed by atoms with Gasteiger partial charge in [-0.15, -0.1) is 0 Å². The van der Waals surface area contributed by atoms with Crippen molar-refractivity contribution in [2.75, 3.05) is 0 Å². The van der Waals surface area contributed by atoms with E-state index < -0.39 is 64.3 Å². The Balaban J connectivity index is 1.45. The number of aromatic nitrogens is 3. The quantitative estimate of drug-likeness (QED) is 0.167. The summed E-state index contributed by atoms with van der Waals surface area (Å²) in [6, 6.07) is 5.42. The largest absolute Gasteiger partial charge is 0.462 e. The van der Waals surface area contributed by atoms with Gasteiger partial charge < -0.3 is 9.47 Å². The molecule has 2 aromatic heterocycles.